The van der Waals surface area contributed by atoms with Crippen LogP contribution in [0.3, 0.4) is 0 Å². The first-order valence-electron chi connectivity index (χ1n) is 5.84. The van der Waals surface area contributed by atoms with Crippen LogP contribution in [0.1, 0.15) is 26.2 Å². The van der Waals surface area contributed by atoms with E-state index in [0.717, 1.165) is 0 Å². The number of nitrogens with two attached hydrogens (primary N) is 1. The zero-order chi connectivity index (χ0) is 14.6. The van der Waals surface area contributed by atoms with Gasteiger partial charge in [0.2, 0.25) is 11.6 Å². The van der Waals surface area contributed by atoms with Gasteiger partial charge in [0.25, 0.3) is 6.30 Å². The minimum absolute atomic E-state index is 0.0814. The molecule has 0 saturated heterocycles. The molecule has 2 unspecified atom stereocenters. The van der Waals surface area contributed by atoms with Crippen LogP contribution in [-0.4, -0.2) is 12.5 Å². The number of halogens is 6. The first kappa shape index (κ1) is 15.8. The van der Waals surface area contributed by atoms with E-state index >= 15 is 0 Å². The van der Waals surface area contributed by atoms with E-state index in [4.69, 9.17) is 0 Å². The van der Waals surface area contributed by atoms with Crippen molar-refractivity contribution in [2.75, 3.05) is 0 Å². The lowest BCUT2D eigenvalue weighted by Crippen LogP contribution is -2.85. The van der Waals surface area contributed by atoms with Gasteiger partial charge in [0.15, 0.2) is 23.5 Å². The Bertz CT molecular complexity index is 437. The third-order valence-corrected chi connectivity index (χ3v) is 2.65. The highest BCUT2D eigenvalue weighted by atomic mass is 19.2. The molecule has 2 N–H and O–H groups in total. The molecule has 1 aromatic carbocycles. The van der Waals surface area contributed by atoms with Crippen molar-refractivity contribution in [1.29, 1.82) is 0 Å². The van der Waals surface area contributed by atoms with Crippen LogP contribution in [0, 0.1) is 23.3 Å². The Kier molecular flexibility index (Phi) is 5.65. The number of quaternary nitrogens is 1. The van der Waals surface area contributed by atoms with Gasteiger partial charge >= 0.3 is 0 Å². The number of hydrogen-bond acceptors (Lipinski definition) is 0. The van der Waals surface area contributed by atoms with Gasteiger partial charge in [-0.05, 0) is 6.42 Å². The summed E-state index contributed by atoms with van der Waals surface area (Å²) in [6.07, 6.45) is -3.09. The van der Waals surface area contributed by atoms with Crippen LogP contribution < -0.4 is 5.32 Å². The summed E-state index contributed by atoms with van der Waals surface area (Å²) < 4.78 is 78.3. The molecule has 108 valence electrons. The van der Waals surface area contributed by atoms with Gasteiger partial charge in [-0.2, -0.15) is 8.78 Å². The zero-order valence-electron chi connectivity index (χ0n) is 10.2. The van der Waals surface area contributed by atoms with Gasteiger partial charge in [0, 0.05) is 6.07 Å². The van der Waals surface area contributed by atoms with Gasteiger partial charge in [-0.25, -0.2) is 17.6 Å². The van der Waals surface area contributed by atoms with Crippen molar-refractivity contribution in [3.63, 3.8) is 0 Å². The van der Waals surface area contributed by atoms with E-state index in [1.54, 1.807) is 6.92 Å². The topological polar surface area (TPSA) is 16.6 Å². The van der Waals surface area contributed by atoms with Crippen molar-refractivity contribution < 1.29 is 31.7 Å². The molecule has 0 aliphatic rings. The maximum Gasteiger partial charge on any atom is 0.264 e. The second-order valence-corrected chi connectivity index (χ2v) is 4.16. The molecule has 0 aliphatic heterocycles. The molecule has 0 bridgehead atoms. The van der Waals surface area contributed by atoms with Crippen LogP contribution >= 0.6 is 0 Å². The Morgan fingerprint density at radius 3 is 2.26 bits per heavy atom. The predicted molar refractivity (Wildman–Crippen MR) is 57.2 cm³/mol. The van der Waals surface area contributed by atoms with E-state index in [0.29, 0.717) is 24.2 Å². The van der Waals surface area contributed by atoms with Crippen molar-refractivity contribution in [2.24, 2.45) is 0 Å². The fourth-order valence-corrected chi connectivity index (χ4v) is 1.55. The van der Waals surface area contributed by atoms with Crippen molar-refractivity contribution in [3.05, 3.63) is 29.3 Å². The predicted octanol–water partition coefficient (Wildman–Crippen LogP) is 3.26. The lowest BCUT2D eigenvalue weighted by molar-refractivity contribution is -0.647. The van der Waals surface area contributed by atoms with Crippen molar-refractivity contribution in [2.45, 2.75) is 38.7 Å². The van der Waals surface area contributed by atoms with E-state index in [1.807, 2.05) is 0 Å². The molecule has 0 amide bonds. The lowest BCUT2D eigenvalue weighted by atomic mass is 10.1. The van der Waals surface area contributed by atoms with Gasteiger partial charge in [-0.15, -0.1) is 0 Å². The number of alkyl halides is 2. The summed E-state index contributed by atoms with van der Waals surface area (Å²) in [4.78, 5) is 0. The third kappa shape index (κ3) is 3.86. The molecule has 2 atom stereocenters. The van der Waals surface area contributed by atoms with Crippen LogP contribution in [0.15, 0.2) is 6.07 Å². The summed E-state index contributed by atoms with van der Waals surface area (Å²) in [6, 6.07) is 0.298. The molecule has 7 heteroatoms. The van der Waals surface area contributed by atoms with E-state index in [9.17, 15) is 26.3 Å². The quantitative estimate of drug-likeness (QED) is 0.272. The maximum absolute atomic E-state index is 13.4. The highest BCUT2D eigenvalue weighted by molar-refractivity contribution is 5.32. The van der Waals surface area contributed by atoms with E-state index in [-0.39, 0.29) is 6.42 Å². The molecule has 1 nitrogen and oxygen atoms in total. The summed E-state index contributed by atoms with van der Waals surface area (Å²) in [7, 11) is 0. The van der Waals surface area contributed by atoms with Crippen LogP contribution in [0.2, 0.25) is 0 Å². The van der Waals surface area contributed by atoms with Gasteiger partial charge in [0.05, 0.1) is 0 Å². The summed E-state index contributed by atoms with van der Waals surface area (Å²) in [6.45, 7) is 1.79. The number of benzene rings is 1. The lowest BCUT2D eigenvalue weighted by Gasteiger charge is -2.12. The van der Waals surface area contributed by atoms with Crippen molar-refractivity contribution in [3.8, 4) is 0 Å². The zero-order valence-corrected chi connectivity index (χ0v) is 10.2. The molecule has 19 heavy (non-hydrogen) atoms. The fraction of sp³-hybridized carbons (Fsp3) is 0.500. The van der Waals surface area contributed by atoms with Crippen LogP contribution in [0.5, 0.6) is 0 Å². The minimum atomic E-state index is -2.20. The number of hydrogen-bond donors (Lipinski definition) is 1. The molecular weight excluding hydrogens is 272 g/mol. The van der Waals surface area contributed by atoms with E-state index in [1.165, 1.54) is 0 Å². The smallest absolute Gasteiger partial charge is 0.264 e. The molecule has 1 aromatic rings. The largest absolute Gasteiger partial charge is 0.280 e. The Hall–Kier alpha value is -1.24. The van der Waals surface area contributed by atoms with Crippen molar-refractivity contribution in [1.82, 2.24) is 0 Å². The molecule has 0 aromatic heterocycles. The summed E-state index contributed by atoms with van der Waals surface area (Å²) in [5, 5.41) is 0.418. The molecule has 0 saturated carbocycles. The summed E-state index contributed by atoms with van der Waals surface area (Å²) >= 11 is 0. The maximum atomic E-state index is 13.4. The number of unbranched alkanes of at least 4 members (excludes halogenated alkanes) is 1. The van der Waals surface area contributed by atoms with Crippen molar-refractivity contribution >= 4 is 5.69 Å². The van der Waals surface area contributed by atoms with Gasteiger partial charge < -0.3 is 0 Å². The fourth-order valence-electron chi connectivity index (χ4n) is 1.55. The van der Waals surface area contributed by atoms with E-state index < -0.39 is 41.4 Å². The highest BCUT2D eigenvalue weighted by Gasteiger charge is 2.28. The highest BCUT2D eigenvalue weighted by Crippen LogP contribution is 2.20. The average Bonchev–Trinajstić information content (AvgIpc) is 2.39. The molecule has 1 rings (SSSR count). The Labute approximate surface area is 106 Å². The van der Waals surface area contributed by atoms with Gasteiger partial charge in [0.1, 0.15) is 0 Å². The standard InChI is InChI=1S/C12H13F6N/c1-2-3-4-6(13)12(18)19-8-5-7(14)9(15)11(17)10(8)16/h5-6,12,19H,2-4H2,1H3/p+1. The SMILES string of the molecule is CCCCC(F)C(F)[NH2+]c1cc(F)c(F)c(F)c1F. The molecule has 0 fully saturated rings. The van der Waals surface area contributed by atoms with Gasteiger partial charge in [-0.1, -0.05) is 19.8 Å². The van der Waals surface area contributed by atoms with Crippen LogP contribution in [0.4, 0.5) is 32.0 Å². The average molecular weight is 286 g/mol. The Balaban J connectivity index is 2.82. The van der Waals surface area contributed by atoms with Crippen LogP contribution in [-0.2, 0) is 0 Å². The molecule has 0 radical (unpaired) electrons. The van der Waals surface area contributed by atoms with Gasteiger partial charge in [-0.3, -0.25) is 5.32 Å². The second kappa shape index (κ2) is 6.79. The normalized spacial score (nSPS) is 14.5. The summed E-state index contributed by atoms with van der Waals surface area (Å²) in [5.74, 6) is -7.40. The summed E-state index contributed by atoms with van der Waals surface area (Å²) in [5.41, 5.74) is -0.831. The van der Waals surface area contributed by atoms with Crippen LogP contribution in [0.25, 0.3) is 0 Å². The Morgan fingerprint density at radius 2 is 1.68 bits per heavy atom. The minimum Gasteiger partial charge on any atom is -0.280 e. The molecule has 0 aliphatic carbocycles. The molecule has 0 spiro atoms. The second-order valence-electron chi connectivity index (χ2n) is 4.16. The number of rotatable bonds is 6. The third-order valence-electron chi connectivity index (χ3n) is 2.65. The first-order chi connectivity index (χ1) is 8.88. The monoisotopic (exact) mass is 286 g/mol. The van der Waals surface area contributed by atoms with E-state index in [2.05, 4.69) is 0 Å². The molecule has 0 heterocycles. The first-order valence-corrected chi connectivity index (χ1v) is 5.84. The molecular formula is C12H14F6N+. The Morgan fingerprint density at radius 1 is 1.05 bits per heavy atom.